The molecule has 1 aliphatic heterocycles. The summed E-state index contributed by atoms with van der Waals surface area (Å²) in [7, 11) is 0. The Bertz CT molecular complexity index is 450. The van der Waals surface area contributed by atoms with Gasteiger partial charge < -0.3 is 10.1 Å². The van der Waals surface area contributed by atoms with Crippen LogP contribution in [-0.2, 0) is 9.53 Å². The van der Waals surface area contributed by atoms with Crippen molar-refractivity contribution >= 4 is 17.7 Å². The van der Waals surface area contributed by atoms with Gasteiger partial charge in [-0.15, -0.1) is 0 Å². The molecule has 2 amide bonds. The van der Waals surface area contributed by atoms with Crippen molar-refractivity contribution in [1.82, 2.24) is 4.90 Å². The number of nitrogens with one attached hydrogen (secondary N) is 1. The number of halogens is 1. The summed E-state index contributed by atoms with van der Waals surface area (Å²) in [5.74, 6) is -0.959. The maximum absolute atomic E-state index is 13.2. The fraction of sp³-hybridized carbons (Fsp3) is 0.273. The van der Waals surface area contributed by atoms with Gasteiger partial charge in [0.25, 0.3) is 0 Å². The van der Waals surface area contributed by atoms with Crippen LogP contribution in [0.1, 0.15) is 0 Å². The number of anilines is 1. The Morgan fingerprint density at radius 2 is 2.24 bits per heavy atom. The van der Waals surface area contributed by atoms with Crippen LogP contribution in [0.15, 0.2) is 24.3 Å². The molecule has 0 radical (unpaired) electrons. The van der Waals surface area contributed by atoms with E-state index in [2.05, 4.69) is 10.1 Å². The smallest absolute Gasteiger partial charge is 0.410 e. The highest BCUT2D eigenvalue weighted by Crippen LogP contribution is 2.12. The van der Waals surface area contributed by atoms with Gasteiger partial charge in [-0.3, -0.25) is 9.69 Å². The molecule has 1 aromatic carbocycles. The number of para-hydroxylation sites is 1. The van der Waals surface area contributed by atoms with Gasteiger partial charge in [0.2, 0.25) is 5.91 Å². The van der Waals surface area contributed by atoms with Crippen LogP contribution in [0, 0.1) is 5.82 Å². The molecule has 1 fully saturated rings. The topological polar surface area (TPSA) is 58.6 Å². The average Bonchev–Trinajstić information content (AvgIpc) is 2.68. The Morgan fingerprint density at radius 3 is 2.88 bits per heavy atom. The summed E-state index contributed by atoms with van der Waals surface area (Å²) in [5, 5.41) is 2.39. The van der Waals surface area contributed by atoms with E-state index in [4.69, 9.17) is 0 Å². The highest BCUT2D eigenvalue weighted by molar-refractivity contribution is 5.94. The summed E-state index contributed by atoms with van der Waals surface area (Å²) >= 11 is 0. The number of cyclic esters (lactones) is 1. The molecule has 1 aromatic rings. The predicted octanol–water partition coefficient (Wildman–Crippen LogP) is 1.22. The van der Waals surface area contributed by atoms with Crippen molar-refractivity contribution in [2.24, 2.45) is 0 Å². The van der Waals surface area contributed by atoms with Crippen molar-refractivity contribution in [3.8, 4) is 0 Å². The molecule has 17 heavy (non-hydrogen) atoms. The van der Waals surface area contributed by atoms with Gasteiger partial charge in [0.05, 0.1) is 12.2 Å². The lowest BCUT2D eigenvalue weighted by Crippen LogP contribution is -2.33. The zero-order valence-electron chi connectivity index (χ0n) is 8.98. The maximum Gasteiger partial charge on any atom is 0.410 e. The highest BCUT2D eigenvalue weighted by Gasteiger charge is 2.24. The molecule has 0 bridgehead atoms. The Labute approximate surface area is 97.2 Å². The van der Waals surface area contributed by atoms with Crippen LogP contribution < -0.4 is 5.32 Å². The van der Waals surface area contributed by atoms with Crippen LogP contribution >= 0.6 is 0 Å². The van der Waals surface area contributed by atoms with Gasteiger partial charge in [-0.05, 0) is 12.1 Å². The van der Waals surface area contributed by atoms with Gasteiger partial charge in [-0.1, -0.05) is 12.1 Å². The quantitative estimate of drug-likeness (QED) is 0.861. The highest BCUT2D eigenvalue weighted by atomic mass is 19.1. The Hall–Kier alpha value is -2.11. The first-order valence-corrected chi connectivity index (χ1v) is 5.13. The fourth-order valence-corrected chi connectivity index (χ4v) is 1.49. The van der Waals surface area contributed by atoms with E-state index < -0.39 is 17.8 Å². The molecule has 1 aliphatic rings. The lowest BCUT2D eigenvalue weighted by Gasteiger charge is -2.12. The number of nitrogens with zero attached hydrogens (tertiary/aromatic N) is 1. The van der Waals surface area contributed by atoms with E-state index in [1.807, 2.05) is 0 Å². The van der Waals surface area contributed by atoms with Crippen molar-refractivity contribution in [3.63, 3.8) is 0 Å². The van der Waals surface area contributed by atoms with Crippen molar-refractivity contribution < 1.29 is 18.7 Å². The number of benzene rings is 1. The Morgan fingerprint density at radius 1 is 1.47 bits per heavy atom. The van der Waals surface area contributed by atoms with Crippen LogP contribution in [-0.4, -0.2) is 36.6 Å². The lowest BCUT2D eigenvalue weighted by molar-refractivity contribution is -0.116. The minimum absolute atomic E-state index is 0.102. The van der Waals surface area contributed by atoms with E-state index in [-0.39, 0.29) is 18.8 Å². The molecule has 1 N–H and O–H groups in total. The molecule has 6 heteroatoms. The first-order chi connectivity index (χ1) is 8.16. The molecular formula is C11H11FN2O3. The molecular weight excluding hydrogens is 227 g/mol. The third kappa shape index (κ3) is 2.72. The first kappa shape index (κ1) is 11.4. The Kier molecular flexibility index (Phi) is 3.22. The first-order valence-electron chi connectivity index (χ1n) is 5.13. The van der Waals surface area contributed by atoms with Crippen LogP contribution in [0.25, 0.3) is 0 Å². The zero-order chi connectivity index (χ0) is 12.3. The molecule has 1 heterocycles. The molecule has 2 rings (SSSR count). The van der Waals surface area contributed by atoms with Crippen molar-refractivity contribution in [1.29, 1.82) is 0 Å². The van der Waals surface area contributed by atoms with Crippen LogP contribution in [0.4, 0.5) is 14.9 Å². The number of amides is 2. The van der Waals surface area contributed by atoms with Crippen molar-refractivity contribution in [3.05, 3.63) is 30.1 Å². The monoisotopic (exact) mass is 238 g/mol. The van der Waals surface area contributed by atoms with Crippen LogP contribution in [0.5, 0.6) is 0 Å². The van der Waals surface area contributed by atoms with E-state index in [9.17, 15) is 14.0 Å². The second-order valence-corrected chi connectivity index (χ2v) is 3.56. The van der Waals surface area contributed by atoms with Crippen LogP contribution in [0.2, 0.25) is 0 Å². The maximum atomic E-state index is 13.2. The van der Waals surface area contributed by atoms with Gasteiger partial charge in [-0.2, -0.15) is 0 Å². The normalized spacial score (nSPS) is 14.6. The summed E-state index contributed by atoms with van der Waals surface area (Å²) in [6.07, 6.45) is -0.520. The molecule has 5 nitrogen and oxygen atoms in total. The zero-order valence-corrected chi connectivity index (χ0v) is 8.98. The molecule has 90 valence electrons. The molecule has 0 aromatic heterocycles. The standard InChI is InChI=1S/C11H11FN2O3/c12-8-3-1-2-4-9(8)13-10(15)7-14-5-6-17-11(14)16/h1-4H,5-7H2,(H,13,15). The number of hydrogen-bond donors (Lipinski definition) is 1. The fourth-order valence-electron chi connectivity index (χ4n) is 1.49. The van der Waals surface area contributed by atoms with Crippen LogP contribution in [0.3, 0.4) is 0 Å². The summed E-state index contributed by atoms with van der Waals surface area (Å²) in [5.41, 5.74) is 0.102. The molecule has 0 unspecified atom stereocenters. The van der Waals surface area contributed by atoms with E-state index in [1.165, 1.54) is 23.1 Å². The summed E-state index contributed by atoms with van der Waals surface area (Å²) < 4.78 is 17.9. The van der Waals surface area contributed by atoms with E-state index in [0.717, 1.165) is 0 Å². The van der Waals surface area contributed by atoms with Crippen molar-refractivity contribution in [2.45, 2.75) is 0 Å². The average molecular weight is 238 g/mol. The van der Waals surface area contributed by atoms with Gasteiger partial charge in [0.15, 0.2) is 0 Å². The van der Waals surface area contributed by atoms with E-state index >= 15 is 0 Å². The number of rotatable bonds is 3. The molecule has 0 atom stereocenters. The van der Waals surface area contributed by atoms with Gasteiger partial charge >= 0.3 is 6.09 Å². The summed E-state index contributed by atoms with van der Waals surface area (Å²) in [6.45, 7) is 0.530. The number of ether oxygens (including phenoxy) is 1. The minimum atomic E-state index is -0.520. The van der Waals surface area contributed by atoms with E-state index in [1.54, 1.807) is 6.07 Å². The van der Waals surface area contributed by atoms with Gasteiger partial charge in [0.1, 0.15) is 19.0 Å². The molecule has 1 saturated heterocycles. The lowest BCUT2D eigenvalue weighted by atomic mass is 10.3. The molecule has 0 spiro atoms. The minimum Gasteiger partial charge on any atom is -0.448 e. The molecule has 0 aliphatic carbocycles. The second-order valence-electron chi connectivity index (χ2n) is 3.56. The van der Waals surface area contributed by atoms with Gasteiger partial charge in [0, 0.05) is 0 Å². The number of carbonyl (C=O) groups is 2. The largest absolute Gasteiger partial charge is 0.448 e. The van der Waals surface area contributed by atoms with E-state index in [0.29, 0.717) is 6.54 Å². The third-order valence-electron chi connectivity index (χ3n) is 2.33. The summed E-state index contributed by atoms with van der Waals surface area (Å²) in [4.78, 5) is 23.9. The number of carbonyl (C=O) groups excluding carboxylic acids is 2. The Balaban J connectivity index is 1.93. The number of hydrogen-bond acceptors (Lipinski definition) is 3. The third-order valence-corrected chi connectivity index (χ3v) is 2.33. The second kappa shape index (κ2) is 4.82. The SMILES string of the molecule is O=C(CN1CCOC1=O)Nc1ccccc1F. The predicted molar refractivity (Wildman–Crippen MR) is 58.0 cm³/mol. The van der Waals surface area contributed by atoms with Gasteiger partial charge in [-0.25, -0.2) is 9.18 Å². The summed E-state index contributed by atoms with van der Waals surface area (Å²) in [6, 6.07) is 5.85. The van der Waals surface area contributed by atoms with Crippen molar-refractivity contribution in [2.75, 3.05) is 25.0 Å². The molecule has 0 saturated carbocycles.